The zero-order valence-electron chi connectivity index (χ0n) is 10.8. The van der Waals surface area contributed by atoms with Crippen molar-refractivity contribution in [2.75, 3.05) is 0 Å². The lowest BCUT2D eigenvalue weighted by Gasteiger charge is -2.04. The monoisotopic (exact) mass is 277 g/mol. The van der Waals surface area contributed by atoms with Crippen LogP contribution >= 0.6 is 12.2 Å². The highest BCUT2D eigenvalue weighted by Crippen LogP contribution is 2.17. The summed E-state index contributed by atoms with van der Waals surface area (Å²) >= 11 is 4.90. The number of nitrogens with zero attached hydrogens (tertiary/aromatic N) is 4. The van der Waals surface area contributed by atoms with Crippen molar-refractivity contribution in [1.29, 1.82) is 0 Å². The second kappa shape index (κ2) is 5.75. The number of aromatic nitrogens is 4. The molecule has 0 fully saturated rings. The quantitative estimate of drug-likeness (QED) is 0.840. The van der Waals surface area contributed by atoms with Gasteiger partial charge in [-0.1, -0.05) is 19.1 Å². The van der Waals surface area contributed by atoms with E-state index in [4.69, 9.17) is 22.7 Å². The molecule has 0 saturated carbocycles. The molecule has 0 aromatic carbocycles. The number of thiocarbonyl (C=S) groups is 1. The molecule has 0 atom stereocenters. The van der Waals surface area contributed by atoms with E-state index < -0.39 is 0 Å². The topological polar surface area (TPSA) is 78.9 Å². The van der Waals surface area contributed by atoms with Gasteiger partial charge in [-0.15, -0.1) is 0 Å². The minimum Gasteiger partial charge on any atom is -0.421 e. The lowest BCUT2D eigenvalue weighted by atomic mass is 10.3. The van der Waals surface area contributed by atoms with E-state index in [1.54, 1.807) is 23.1 Å². The number of hydrogen-bond donors (Lipinski definition) is 1. The molecule has 0 radical (unpaired) electrons. The van der Waals surface area contributed by atoms with Crippen molar-refractivity contribution in [3.8, 4) is 11.8 Å². The third kappa shape index (κ3) is 3.47. The van der Waals surface area contributed by atoms with Gasteiger partial charge in [0.15, 0.2) is 5.75 Å². The molecule has 2 aromatic heterocycles. The second-order valence-electron chi connectivity index (χ2n) is 4.08. The van der Waals surface area contributed by atoms with E-state index in [0.717, 1.165) is 18.7 Å². The maximum atomic E-state index is 5.56. The van der Waals surface area contributed by atoms with Gasteiger partial charge in [-0.05, 0) is 19.4 Å². The molecule has 0 aliphatic carbocycles. The minimum atomic E-state index is 0.219. The molecule has 2 rings (SSSR count). The van der Waals surface area contributed by atoms with Crippen LogP contribution in [0.1, 0.15) is 24.7 Å². The van der Waals surface area contributed by atoms with Gasteiger partial charge in [0.05, 0.1) is 12.4 Å². The van der Waals surface area contributed by atoms with Gasteiger partial charge in [0.1, 0.15) is 10.7 Å². The Morgan fingerprint density at radius 1 is 1.47 bits per heavy atom. The van der Waals surface area contributed by atoms with Crippen LogP contribution in [0.2, 0.25) is 0 Å². The Bertz CT molecular complexity index is 596. The van der Waals surface area contributed by atoms with Crippen LogP contribution < -0.4 is 10.5 Å². The zero-order valence-corrected chi connectivity index (χ0v) is 11.6. The first-order valence-electron chi connectivity index (χ1n) is 5.94. The molecule has 0 saturated heterocycles. The van der Waals surface area contributed by atoms with Crippen LogP contribution in [0.5, 0.6) is 11.8 Å². The van der Waals surface area contributed by atoms with Crippen molar-refractivity contribution >= 4 is 17.2 Å². The summed E-state index contributed by atoms with van der Waals surface area (Å²) in [6.07, 6.45) is 4.44. The Morgan fingerprint density at radius 3 is 2.95 bits per heavy atom. The first kappa shape index (κ1) is 13.4. The highest BCUT2D eigenvalue weighted by molar-refractivity contribution is 7.80. The summed E-state index contributed by atoms with van der Waals surface area (Å²) in [5.41, 5.74) is 6.80. The van der Waals surface area contributed by atoms with E-state index in [2.05, 4.69) is 22.0 Å². The Hall–Kier alpha value is -2.02. The highest BCUT2D eigenvalue weighted by Gasteiger charge is 2.08. The van der Waals surface area contributed by atoms with Gasteiger partial charge in [-0.3, -0.25) is 4.68 Å². The second-order valence-corrected chi connectivity index (χ2v) is 4.52. The van der Waals surface area contributed by atoms with Crippen LogP contribution in [0.4, 0.5) is 0 Å². The maximum absolute atomic E-state index is 5.56. The molecule has 6 nitrogen and oxygen atoms in total. The fraction of sp³-hybridized carbons (Fsp3) is 0.333. The third-order valence-corrected chi connectivity index (χ3v) is 2.57. The molecule has 7 heteroatoms. The largest absolute Gasteiger partial charge is 0.421 e. The van der Waals surface area contributed by atoms with Gasteiger partial charge >= 0.3 is 6.01 Å². The van der Waals surface area contributed by atoms with Crippen molar-refractivity contribution in [2.45, 2.75) is 26.8 Å². The number of rotatable bonds is 5. The molecule has 0 bridgehead atoms. The normalized spacial score (nSPS) is 10.4. The number of ether oxygens (including phenoxy) is 1. The van der Waals surface area contributed by atoms with Crippen LogP contribution in [0.15, 0.2) is 18.5 Å². The zero-order chi connectivity index (χ0) is 13.8. The first-order valence-corrected chi connectivity index (χ1v) is 6.35. The summed E-state index contributed by atoms with van der Waals surface area (Å²) in [5, 5.41) is 4.17. The SMILES string of the molecule is CCCn1cc(Oc2nc(C)cc(C(N)=S)n2)cn1. The van der Waals surface area contributed by atoms with Crippen molar-refractivity contribution in [3.63, 3.8) is 0 Å². The smallest absolute Gasteiger partial charge is 0.322 e. The van der Waals surface area contributed by atoms with Gasteiger partial charge < -0.3 is 10.5 Å². The molecule has 0 aliphatic rings. The standard InChI is InChI=1S/C12H15N5OS/c1-3-4-17-7-9(6-14-17)18-12-15-8(2)5-10(16-12)11(13)19/h5-7H,3-4H2,1-2H3,(H2,13,19). The Labute approximate surface area is 116 Å². The van der Waals surface area contributed by atoms with Crippen LogP contribution in [0, 0.1) is 6.92 Å². The van der Waals surface area contributed by atoms with Crippen molar-refractivity contribution in [3.05, 3.63) is 29.8 Å². The number of aryl methyl sites for hydroxylation is 2. The van der Waals surface area contributed by atoms with E-state index >= 15 is 0 Å². The Kier molecular flexibility index (Phi) is 4.06. The molecule has 19 heavy (non-hydrogen) atoms. The highest BCUT2D eigenvalue weighted by atomic mass is 32.1. The molecule has 0 unspecified atom stereocenters. The summed E-state index contributed by atoms with van der Waals surface area (Å²) in [6, 6.07) is 1.94. The molecule has 0 amide bonds. The van der Waals surface area contributed by atoms with Gasteiger partial charge in [0.2, 0.25) is 0 Å². The predicted octanol–water partition coefficient (Wildman–Crippen LogP) is 1.82. The Balaban J connectivity index is 2.19. The van der Waals surface area contributed by atoms with Gasteiger partial charge in [-0.2, -0.15) is 10.1 Å². The molecule has 0 aliphatic heterocycles. The molecule has 2 N–H and O–H groups in total. The number of nitrogens with two attached hydrogens (primary N) is 1. The summed E-state index contributed by atoms with van der Waals surface area (Å²) in [6.45, 7) is 4.76. The van der Waals surface area contributed by atoms with Crippen molar-refractivity contribution in [1.82, 2.24) is 19.7 Å². The predicted molar refractivity (Wildman–Crippen MR) is 75.2 cm³/mol. The summed E-state index contributed by atoms with van der Waals surface area (Å²) in [5.74, 6) is 0.591. The van der Waals surface area contributed by atoms with Crippen LogP contribution in [-0.2, 0) is 6.54 Å². The van der Waals surface area contributed by atoms with Gasteiger partial charge in [0.25, 0.3) is 0 Å². The van der Waals surface area contributed by atoms with E-state index in [1.165, 1.54) is 0 Å². The average molecular weight is 277 g/mol. The maximum Gasteiger partial charge on any atom is 0.322 e. The Morgan fingerprint density at radius 2 is 2.26 bits per heavy atom. The van der Waals surface area contributed by atoms with E-state index in [9.17, 15) is 0 Å². The molecular formula is C12H15N5OS. The molecule has 2 aromatic rings. The lowest BCUT2D eigenvalue weighted by Crippen LogP contribution is -2.13. The van der Waals surface area contributed by atoms with Crippen LogP contribution in [0.3, 0.4) is 0 Å². The number of hydrogen-bond acceptors (Lipinski definition) is 5. The van der Waals surface area contributed by atoms with E-state index in [1.807, 2.05) is 6.92 Å². The van der Waals surface area contributed by atoms with Gasteiger partial charge in [-0.25, -0.2) is 4.98 Å². The molecule has 0 spiro atoms. The summed E-state index contributed by atoms with van der Waals surface area (Å²) in [4.78, 5) is 8.55. The fourth-order valence-electron chi connectivity index (χ4n) is 1.57. The average Bonchev–Trinajstić information content (AvgIpc) is 2.76. The molecule has 100 valence electrons. The van der Waals surface area contributed by atoms with Gasteiger partial charge in [0, 0.05) is 12.2 Å². The molecule has 2 heterocycles. The van der Waals surface area contributed by atoms with Crippen LogP contribution in [-0.4, -0.2) is 24.7 Å². The summed E-state index contributed by atoms with van der Waals surface area (Å²) < 4.78 is 7.36. The van der Waals surface area contributed by atoms with Crippen molar-refractivity contribution in [2.24, 2.45) is 5.73 Å². The first-order chi connectivity index (χ1) is 9.08. The van der Waals surface area contributed by atoms with Crippen LogP contribution in [0.25, 0.3) is 0 Å². The third-order valence-electron chi connectivity index (χ3n) is 2.36. The summed E-state index contributed by atoms with van der Waals surface area (Å²) in [7, 11) is 0. The molecular weight excluding hydrogens is 262 g/mol. The minimum absolute atomic E-state index is 0.219. The van der Waals surface area contributed by atoms with Crippen molar-refractivity contribution < 1.29 is 4.74 Å². The van der Waals surface area contributed by atoms with E-state index in [0.29, 0.717) is 11.4 Å². The van der Waals surface area contributed by atoms with E-state index in [-0.39, 0.29) is 11.0 Å². The lowest BCUT2D eigenvalue weighted by molar-refractivity contribution is 0.438. The fourth-order valence-corrected chi connectivity index (χ4v) is 1.67.